The van der Waals surface area contributed by atoms with E-state index in [9.17, 15) is 4.79 Å². The number of aromatic nitrogens is 2. The number of carbonyl (C=O) groups excluding carboxylic acids is 1. The number of rotatable bonds is 2. The summed E-state index contributed by atoms with van der Waals surface area (Å²) in [6.07, 6.45) is 1.89. The molecule has 1 aliphatic heterocycles. The van der Waals surface area contributed by atoms with Crippen molar-refractivity contribution in [2.24, 2.45) is 0 Å². The van der Waals surface area contributed by atoms with Crippen molar-refractivity contribution in [3.05, 3.63) is 0 Å². The van der Waals surface area contributed by atoms with Crippen molar-refractivity contribution in [3.8, 4) is 0 Å². The van der Waals surface area contributed by atoms with Crippen LogP contribution in [0.5, 0.6) is 0 Å². The minimum atomic E-state index is 0.0404. The molecule has 5 nitrogen and oxygen atoms in total. The number of hydrogen-bond acceptors (Lipinski definition) is 5. The molecule has 1 amide bonds. The molecule has 0 aromatic carbocycles. The van der Waals surface area contributed by atoms with E-state index in [0.717, 1.165) is 31.1 Å². The Morgan fingerprint density at radius 2 is 2.19 bits per heavy atom. The van der Waals surface area contributed by atoms with E-state index >= 15 is 0 Å². The van der Waals surface area contributed by atoms with Gasteiger partial charge in [-0.25, -0.2) is 0 Å². The topological polar surface area (TPSA) is 58.1 Å². The van der Waals surface area contributed by atoms with E-state index in [0.29, 0.717) is 10.9 Å². The van der Waals surface area contributed by atoms with Gasteiger partial charge in [-0.15, -0.1) is 5.10 Å². The Morgan fingerprint density at radius 3 is 2.69 bits per heavy atom. The van der Waals surface area contributed by atoms with Gasteiger partial charge in [0.25, 0.3) is 0 Å². The lowest BCUT2D eigenvalue weighted by atomic mass is 10.1. The first-order valence-corrected chi connectivity index (χ1v) is 6.08. The number of amides is 1. The minimum absolute atomic E-state index is 0.0404. The van der Waals surface area contributed by atoms with Crippen molar-refractivity contribution in [1.82, 2.24) is 15.5 Å². The average Bonchev–Trinajstić information content (AvgIpc) is 2.65. The predicted molar refractivity (Wildman–Crippen MR) is 64.3 cm³/mol. The highest BCUT2D eigenvalue weighted by molar-refractivity contribution is 7.22. The van der Waals surface area contributed by atoms with Crippen molar-refractivity contribution >= 4 is 35.1 Å². The van der Waals surface area contributed by atoms with Gasteiger partial charge in [-0.05, 0) is 12.8 Å². The van der Waals surface area contributed by atoms with Crippen LogP contribution in [-0.4, -0.2) is 43.1 Å². The molecule has 0 spiro atoms. The minimum Gasteiger partial charge on any atom is -0.353 e. The molecule has 0 atom stereocenters. The summed E-state index contributed by atoms with van der Waals surface area (Å²) in [5, 5.41) is 11.6. The van der Waals surface area contributed by atoms with Gasteiger partial charge < -0.3 is 10.2 Å². The largest absolute Gasteiger partial charge is 0.353 e. The summed E-state index contributed by atoms with van der Waals surface area (Å²) in [7, 11) is 5.54. The second-order valence-electron chi connectivity index (χ2n) is 3.88. The average molecular weight is 236 g/mol. The van der Waals surface area contributed by atoms with Gasteiger partial charge in [-0.3, -0.25) is 4.79 Å². The molecule has 0 aliphatic carbocycles. The fourth-order valence-corrected chi connectivity index (χ4v) is 2.52. The van der Waals surface area contributed by atoms with Crippen molar-refractivity contribution in [2.75, 3.05) is 18.0 Å². The molecule has 1 aromatic rings. The highest BCUT2D eigenvalue weighted by Gasteiger charge is 2.21. The van der Waals surface area contributed by atoms with Gasteiger partial charge in [-0.2, -0.15) is 5.10 Å². The number of nitrogens with zero attached hydrogens (tertiary/aromatic N) is 3. The standard InChI is InChI=1S/C9H13BN4OS/c1-6(15)11-7-2-4-14(5-3-7)9-13-12-8(10)16-9/h7H,2-5H2,1H3,(H,11,15). The van der Waals surface area contributed by atoms with Crippen LogP contribution in [-0.2, 0) is 4.79 Å². The first kappa shape index (κ1) is 11.4. The molecular weight excluding hydrogens is 223 g/mol. The lowest BCUT2D eigenvalue weighted by Crippen LogP contribution is -2.44. The summed E-state index contributed by atoms with van der Waals surface area (Å²) in [6.45, 7) is 3.33. The quantitative estimate of drug-likeness (QED) is 0.699. The summed E-state index contributed by atoms with van der Waals surface area (Å²) in [5.74, 6) is 0.0404. The Morgan fingerprint density at radius 1 is 1.50 bits per heavy atom. The molecule has 1 fully saturated rings. The smallest absolute Gasteiger partial charge is 0.217 e. The summed E-state index contributed by atoms with van der Waals surface area (Å²) >= 11 is 1.40. The van der Waals surface area contributed by atoms with E-state index in [-0.39, 0.29) is 5.91 Å². The molecule has 1 N–H and O–H groups in total. The normalized spacial score (nSPS) is 17.4. The molecule has 16 heavy (non-hydrogen) atoms. The Kier molecular flexibility index (Phi) is 3.43. The molecule has 0 unspecified atom stereocenters. The maximum atomic E-state index is 10.9. The Balaban J connectivity index is 1.87. The third kappa shape index (κ3) is 2.72. The SMILES string of the molecule is [B]c1nnc(N2CCC(NC(C)=O)CC2)s1. The zero-order valence-corrected chi connectivity index (χ0v) is 9.96. The number of hydrogen-bond donors (Lipinski definition) is 1. The predicted octanol–water partition coefficient (Wildman–Crippen LogP) is -0.563. The summed E-state index contributed by atoms with van der Waals surface area (Å²) in [6, 6.07) is 0.291. The fourth-order valence-electron chi connectivity index (χ4n) is 1.86. The second kappa shape index (κ2) is 4.82. The number of carbonyl (C=O) groups is 1. The lowest BCUT2D eigenvalue weighted by Gasteiger charge is -2.31. The van der Waals surface area contributed by atoms with Gasteiger partial charge in [0.15, 0.2) is 7.85 Å². The monoisotopic (exact) mass is 236 g/mol. The van der Waals surface area contributed by atoms with E-state index in [1.54, 1.807) is 6.92 Å². The van der Waals surface area contributed by atoms with Crippen LogP contribution in [0.15, 0.2) is 0 Å². The molecule has 0 saturated carbocycles. The van der Waals surface area contributed by atoms with Crippen LogP contribution < -0.4 is 15.1 Å². The molecular formula is C9H13BN4OS. The van der Waals surface area contributed by atoms with Crippen LogP contribution in [0, 0.1) is 0 Å². The zero-order chi connectivity index (χ0) is 11.5. The van der Waals surface area contributed by atoms with Crippen LogP contribution in [0.4, 0.5) is 5.13 Å². The third-order valence-electron chi connectivity index (χ3n) is 2.60. The van der Waals surface area contributed by atoms with Crippen LogP contribution in [0.3, 0.4) is 0 Å². The highest BCUT2D eigenvalue weighted by Crippen LogP contribution is 2.19. The fraction of sp³-hybridized carbons (Fsp3) is 0.667. The second-order valence-corrected chi connectivity index (χ2v) is 4.87. The van der Waals surface area contributed by atoms with Gasteiger partial charge in [0.2, 0.25) is 11.0 Å². The van der Waals surface area contributed by atoms with Gasteiger partial charge in [0.1, 0.15) is 0 Å². The Hall–Kier alpha value is -1.11. The van der Waals surface area contributed by atoms with Gasteiger partial charge >= 0.3 is 0 Å². The van der Waals surface area contributed by atoms with E-state index in [2.05, 4.69) is 20.4 Å². The third-order valence-corrected chi connectivity index (χ3v) is 3.42. The van der Waals surface area contributed by atoms with Crippen LogP contribution in [0.25, 0.3) is 0 Å². The van der Waals surface area contributed by atoms with Crippen LogP contribution in [0.2, 0.25) is 0 Å². The maximum Gasteiger partial charge on any atom is 0.217 e. The molecule has 84 valence electrons. The van der Waals surface area contributed by atoms with Crippen molar-refractivity contribution in [3.63, 3.8) is 0 Å². The van der Waals surface area contributed by atoms with E-state index in [1.807, 2.05) is 0 Å². The molecule has 1 aliphatic rings. The zero-order valence-electron chi connectivity index (χ0n) is 9.14. The maximum absolute atomic E-state index is 10.9. The molecule has 0 bridgehead atoms. The highest BCUT2D eigenvalue weighted by atomic mass is 32.1. The summed E-state index contributed by atoms with van der Waals surface area (Å²) in [5.41, 5.74) is 0. The van der Waals surface area contributed by atoms with E-state index < -0.39 is 0 Å². The van der Waals surface area contributed by atoms with Gasteiger partial charge in [0, 0.05) is 26.1 Å². The first-order valence-electron chi connectivity index (χ1n) is 5.26. The lowest BCUT2D eigenvalue weighted by molar-refractivity contribution is -0.119. The molecule has 2 radical (unpaired) electrons. The number of anilines is 1. The van der Waals surface area contributed by atoms with Crippen LogP contribution >= 0.6 is 11.3 Å². The number of nitrogens with one attached hydrogen (secondary N) is 1. The van der Waals surface area contributed by atoms with Crippen molar-refractivity contribution < 1.29 is 4.79 Å². The van der Waals surface area contributed by atoms with Crippen molar-refractivity contribution in [2.45, 2.75) is 25.8 Å². The molecule has 2 heterocycles. The van der Waals surface area contributed by atoms with E-state index in [1.165, 1.54) is 11.3 Å². The number of piperidine rings is 1. The first-order chi connectivity index (χ1) is 7.65. The Labute approximate surface area is 99.7 Å². The van der Waals surface area contributed by atoms with Crippen molar-refractivity contribution in [1.29, 1.82) is 0 Å². The molecule has 7 heteroatoms. The molecule has 1 aromatic heterocycles. The Bertz CT molecular complexity index is 375. The van der Waals surface area contributed by atoms with E-state index in [4.69, 9.17) is 7.85 Å². The molecule has 1 saturated heterocycles. The van der Waals surface area contributed by atoms with Gasteiger partial charge in [0.05, 0.1) is 4.91 Å². The van der Waals surface area contributed by atoms with Gasteiger partial charge in [-0.1, -0.05) is 11.3 Å². The summed E-state index contributed by atoms with van der Waals surface area (Å²) in [4.78, 5) is 13.6. The molecule has 2 rings (SSSR count). The summed E-state index contributed by atoms with van der Waals surface area (Å²) < 4.78 is 0. The van der Waals surface area contributed by atoms with Crippen LogP contribution in [0.1, 0.15) is 19.8 Å².